The first-order valence-corrected chi connectivity index (χ1v) is 7.75. The van der Waals surface area contributed by atoms with Crippen LogP contribution in [0.2, 0.25) is 5.02 Å². The van der Waals surface area contributed by atoms with Crippen molar-refractivity contribution in [2.24, 2.45) is 5.73 Å². The second-order valence-electron chi connectivity index (χ2n) is 5.77. The van der Waals surface area contributed by atoms with E-state index in [9.17, 15) is 0 Å². The molecule has 1 saturated heterocycles. The summed E-state index contributed by atoms with van der Waals surface area (Å²) >= 11 is 6.07. The van der Waals surface area contributed by atoms with Gasteiger partial charge >= 0.3 is 0 Å². The molecule has 1 aromatic rings. The van der Waals surface area contributed by atoms with Gasteiger partial charge < -0.3 is 10.5 Å². The van der Waals surface area contributed by atoms with Gasteiger partial charge in [-0.2, -0.15) is 0 Å². The van der Waals surface area contributed by atoms with E-state index in [1.165, 1.54) is 5.56 Å². The SMILES string of the molecule is CCC1CC(CN)(N(C)Cc2cccc(Cl)c2)CCO1. The number of hydrogen-bond donors (Lipinski definition) is 1. The van der Waals surface area contributed by atoms with Crippen molar-refractivity contribution >= 4 is 11.6 Å². The zero-order valence-electron chi connectivity index (χ0n) is 12.4. The lowest BCUT2D eigenvalue weighted by atomic mass is 9.84. The predicted molar refractivity (Wildman–Crippen MR) is 84.0 cm³/mol. The number of ether oxygens (including phenoxy) is 1. The Balaban J connectivity index is 2.10. The molecule has 1 aliphatic heterocycles. The molecular weight excluding hydrogens is 272 g/mol. The van der Waals surface area contributed by atoms with E-state index in [2.05, 4.69) is 24.9 Å². The standard InChI is InChI=1S/C16H25ClN2O/c1-3-15-10-16(12-18,7-8-20-15)19(2)11-13-5-4-6-14(17)9-13/h4-6,9,15H,3,7-8,10-12,18H2,1-2H3. The first-order valence-electron chi connectivity index (χ1n) is 7.37. The zero-order chi connectivity index (χ0) is 14.6. The molecule has 0 spiro atoms. The second kappa shape index (κ2) is 6.90. The molecule has 1 aliphatic rings. The van der Waals surface area contributed by atoms with Gasteiger partial charge in [0.15, 0.2) is 0 Å². The van der Waals surface area contributed by atoms with Crippen LogP contribution in [0.25, 0.3) is 0 Å². The zero-order valence-corrected chi connectivity index (χ0v) is 13.2. The lowest BCUT2D eigenvalue weighted by molar-refractivity contribution is -0.0671. The van der Waals surface area contributed by atoms with E-state index in [1.54, 1.807) is 0 Å². The van der Waals surface area contributed by atoms with Gasteiger partial charge in [-0.1, -0.05) is 30.7 Å². The van der Waals surface area contributed by atoms with Gasteiger partial charge in [-0.3, -0.25) is 4.90 Å². The van der Waals surface area contributed by atoms with Gasteiger partial charge in [0.1, 0.15) is 0 Å². The molecule has 0 bridgehead atoms. The van der Waals surface area contributed by atoms with Gasteiger partial charge in [0, 0.05) is 30.3 Å². The highest BCUT2D eigenvalue weighted by Gasteiger charge is 2.38. The Bertz CT molecular complexity index is 440. The van der Waals surface area contributed by atoms with Crippen LogP contribution in [0, 0.1) is 0 Å². The highest BCUT2D eigenvalue weighted by Crippen LogP contribution is 2.31. The van der Waals surface area contributed by atoms with E-state index in [-0.39, 0.29) is 5.54 Å². The minimum atomic E-state index is 0.0429. The van der Waals surface area contributed by atoms with Crippen LogP contribution in [-0.2, 0) is 11.3 Å². The number of benzene rings is 1. The number of nitrogens with two attached hydrogens (primary N) is 1. The fraction of sp³-hybridized carbons (Fsp3) is 0.625. The monoisotopic (exact) mass is 296 g/mol. The molecule has 1 fully saturated rings. The number of nitrogens with zero attached hydrogens (tertiary/aromatic N) is 1. The van der Waals surface area contributed by atoms with Crippen molar-refractivity contribution < 1.29 is 4.74 Å². The number of likely N-dealkylation sites (N-methyl/N-ethyl adjacent to an activating group) is 1. The third-order valence-corrected chi connectivity index (χ3v) is 4.72. The third-order valence-electron chi connectivity index (χ3n) is 4.48. The molecule has 3 nitrogen and oxygen atoms in total. The summed E-state index contributed by atoms with van der Waals surface area (Å²) in [4.78, 5) is 2.38. The molecule has 1 heterocycles. The van der Waals surface area contributed by atoms with Gasteiger partial charge in [-0.25, -0.2) is 0 Å². The summed E-state index contributed by atoms with van der Waals surface area (Å²) in [6, 6.07) is 8.05. The summed E-state index contributed by atoms with van der Waals surface area (Å²) < 4.78 is 5.80. The van der Waals surface area contributed by atoms with Crippen LogP contribution >= 0.6 is 11.6 Å². The largest absolute Gasteiger partial charge is 0.378 e. The first kappa shape index (κ1) is 15.8. The normalized spacial score (nSPS) is 26.9. The summed E-state index contributed by atoms with van der Waals surface area (Å²) in [5.74, 6) is 0. The van der Waals surface area contributed by atoms with Crippen LogP contribution in [0.15, 0.2) is 24.3 Å². The van der Waals surface area contributed by atoms with Crippen LogP contribution in [0.3, 0.4) is 0 Å². The summed E-state index contributed by atoms with van der Waals surface area (Å²) in [7, 11) is 2.16. The predicted octanol–water partition coefficient (Wildman–Crippen LogP) is 3.06. The lowest BCUT2D eigenvalue weighted by Crippen LogP contribution is -2.56. The maximum atomic E-state index is 6.12. The molecule has 112 valence electrons. The van der Waals surface area contributed by atoms with Crippen LogP contribution in [0.5, 0.6) is 0 Å². The molecule has 0 saturated carbocycles. The highest BCUT2D eigenvalue weighted by molar-refractivity contribution is 6.30. The van der Waals surface area contributed by atoms with E-state index in [0.29, 0.717) is 12.6 Å². The molecule has 0 aromatic heterocycles. The maximum absolute atomic E-state index is 6.12. The average molecular weight is 297 g/mol. The van der Waals surface area contributed by atoms with E-state index in [0.717, 1.165) is 37.4 Å². The lowest BCUT2D eigenvalue weighted by Gasteiger charge is -2.46. The van der Waals surface area contributed by atoms with E-state index in [1.807, 2.05) is 18.2 Å². The Labute approximate surface area is 127 Å². The molecule has 1 aromatic carbocycles. The molecule has 2 rings (SSSR count). The Morgan fingerprint density at radius 3 is 2.95 bits per heavy atom. The van der Waals surface area contributed by atoms with Crippen LogP contribution in [0.1, 0.15) is 31.7 Å². The molecule has 20 heavy (non-hydrogen) atoms. The first-order chi connectivity index (χ1) is 9.59. The Morgan fingerprint density at radius 1 is 1.50 bits per heavy atom. The van der Waals surface area contributed by atoms with Crippen LogP contribution in [-0.4, -0.2) is 36.7 Å². The van der Waals surface area contributed by atoms with Gasteiger partial charge in [-0.15, -0.1) is 0 Å². The van der Waals surface area contributed by atoms with Crippen molar-refractivity contribution in [1.29, 1.82) is 0 Å². The molecule has 0 aliphatic carbocycles. The molecule has 2 atom stereocenters. The van der Waals surface area contributed by atoms with Gasteiger partial charge in [-0.05, 0) is 44.0 Å². The van der Waals surface area contributed by atoms with Crippen molar-refractivity contribution in [3.8, 4) is 0 Å². The van der Waals surface area contributed by atoms with Gasteiger partial charge in [0.25, 0.3) is 0 Å². The topological polar surface area (TPSA) is 38.5 Å². The van der Waals surface area contributed by atoms with Crippen molar-refractivity contribution in [3.63, 3.8) is 0 Å². The summed E-state index contributed by atoms with van der Waals surface area (Å²) in [5, 5.41) is 0.788. The maximum Gasteiger partial charge on any atom is 0.0590 e. The minimum absolute atomic E-state index is 0.0429. The quantitative estimate of drug-likeness (QED) is 0.907. The van der Waals surface area contributed by atoms with E-state index >= 15 is 0 Å². The second-order valence-corrected chi connectivity index (χ2v) is 6.21. The van der Waals surface area contributed by atoms with Crippen molar-refractivity contribution in [3.05, 3.63) is 34.9 Å². The molecule has 0 radical (unpaired) electrons. The van der Waals surface area contributed by atoms with E-state index in [4.69, 9.17) is 22.1 Å². The summed E-state index contributed by atoms with van der Waals surface area (Å²) in [5.41, 5.74) is 7.39. The molecule has 4 heteroatoms. The van der Waals surface area contributed by atoms with Crippen molar-refractivity contribution in [1.82, 2.24) is 4.90 Å². The number of halogens is 1. The Hall–Kier alpha value is -0.610. The van der Waals surface area contributed by atoms with E-state index < -0.39 is 0 Å². The molecule has 0 amide bonds. The van der Waals surface area contributed by atoms with Crippen molar-refractivity contribution in [2.45, 2.75) is 44.4 Å². The molecule has 2 unspecified atom stereocenters. The summed E-state index contributed by atoms with van der Waals surface area (Å²) in [6.07, 6.45) is 3.38. The molecule has 2 N–H and O–H groups in total. The number of hydrogen-bond acceptors (Lipinski definition) is 3. The minimum Gasteiger partial charge on any atom is -0.378 e. The fourth-order valence-electron chi connectivity index (χ4n) is 3.03. The summed E-state index contributed by atoms with van der Waals surface area (Å²) in [6.45, 7) is 4.52. The Kier molecular flexibility index (Phi) is 5.44. The van der Waals surface area contributed by atoms with Crippen LogP contribution < -0.4 is 5.73 Å². The van der Waals surface area contributed by atoms with Gasteiger partial charge in [0.2, 0.25) is 0 Å². The third kappa shape index (κ3) is 3.53. The number of rotatable bonds is 5. The molecular formula is C16H25ClN2O. The Morgan fingerprint density at radius 2 is 2.30 bits per heavy atom. The van der Waals surface area contributed by atoms with Crippen LogP contribution in [0.4, 0.5) is 0 Å². The average Bonchev–Trinajstić information content (AvgIpc) is 2.47. The highest BCUT2D eigenvalue weighted by atomic mass is 35.5. The smallest absolute Gasteiger partial charge is 0.0590 e. The van der Waals surface area contributed by atoms with Gasteiger partial charge in [0.05, 0.1) is 6.10 Å². The fourth-order valence-corrected chi connectivity index (χ4v) is 3.24. The van der Waals surface area contributed by atoms with Crippen molar-refractivity contribution in [2.75, 3.05) is 20.2 Å².